The highest BCUT2D eigenvalue weighted by Gasteiger charge is 2.23. The third-order valence-corrected chi connectivity index (χ3v) is 3.30. The fraction of sp³-hybridized carbons (Fsp3) is 0.583. The van der Waals surface area contributed by atoms with Crippen LogP contribution in [-0.2, 0) is 4.79 Å². The van der Waals surface area contributed by atoms with Gasteiger partial charge in [-0.05, 0) is 18.9 Å². The second-order valence-corrected chi connectivity index (χ2v) is 4.64. The average Bonchev–Trinajstić information content (AvgIpc) is 3.04. The lowest BCUT2D eigenvalue weighted by atomic mass is 10.3. The third-order valence-electron chi connectivity index (χ3n) is 3.30. The van der Waals surface area contributed by atoms with Gasteiger partial charge in [0.15, 0.2) is 6.04 Å². The molecule has 1 atom stereocenters. The highest BCUT2D eigenvalue weighted by Crippen LogP contribution is 2.28. The molecule has 2 N–H and O–H groups in total. The maximum Gasteiger partial charge on any atom is 0.328 e. The monoisotopic (exact) mass is 269 g/mol. The zero-order valence-electron chi connectivity index (χ0n) is 10.4. The van der Waals surface area contributed by atoms with E-state index in [0.717, 1.165) is 25.7 Å². The van der Waals surface area contributed by atoms with E-state index in [0.29, 0.717) is 6.04 Å². The Kier molecular flexibility index (Phi) is 4.13. The van der Waals surface area contributed by atoms with E-state index in [1.807, 2.05) is 0 Å². The van der Waals surface area contributed by atoms with Crippen LogP contribution in [-0.4, -0.2) is 39.5 Å². The Hall–Kier alpha value is -1.92. The van der Waals surface area contributed by atoms with Crippen molar-refractivity contribution in [1.82, 2.24) is 15.1 Å². The van der Waals surface area contributed by atoms with Crippen molar-refractivity contribution in [2.75, 3.05) is 6.67 Å². The summed E-state index contributed by atoms with van der Waals surface area (Å²) in [5.41, 5.74) is 0.117. The molecule has 1 aromatic heterocycles. The van der Waals surface area contributed by atoms with Crippen LogP contribution in [0.15, 0.2) is 12.3 Å². The lowest BCUT2D eigenvalue weighted by Gasteiger charge is -2.10. The van der Waals surface area contributed by atoms with Crippen LogP contribution in [0.2, 0.25) is 0 Å². The molecule has 0 spiro atoms. The van der Waals surface area contributed by atoms with Gasteiger partial charge in [0.25, 0.3) is 5.91 Å². The molecule has 0 aliphatic heterocycles. The second kappa shape index (κ2) is 5.81. The van der Waals surface area contributed by atoms with Crippen molar-refractivity contribution >= 4 is 11.9 Å². The molecule has 1 heterocycles. The summed E-state index contributed by atoms with van der Waals surface area (Å²) >= 11 is 0. The molecule has 1 fully saturated rings. The van der Waals surface area contributed by atoms with Gasteiger partial charge in [-0.1, -0.05) is 12.8 Å². The normalized spacial score (nSPS) is 17.3. The molecule has 1 amide bonds. The van der Waals surface area contributed by atoms with Crippen molar-refractivity contribution in [2.24, 2.45) is 0 Å². The van der Waals surface area contributed by atoms with Crippen LogP contribution in [0.1, 0.15) is 42.2 Å². The predicted octanol–water partition coefficient (Wildman–Crippen LogP) is 1.15. The van der Waals surface area contributed by atoms with Crippen LogP contribution in [0.25, 0.3) is 0 Å². The SMILES string of the molecule is O=C(NC(CF)C(=O)O)c1ccn(C2CCCC2)n1. The zero-order valence-corrected chi connectivity index (χ0v) is 10.4. The van der Waals surface area contributed by atoms with Gasteiger partial charge in [-0.15, -0.1) is 0 Å². The maximum atomic E-state index is 12.4. The van der Waals surface area contributed by atoms with Crippen LogP contribution in [0.5, 0.6) is 0 Å². The Morgan fingerprint density at radius 3 is 2.79 bits per heavy atom. The van der Waals surface area contributed by atoms with Gasteiger partial charge in [0.1, 0.15) is 12.4 Å². The van der Waals surface area contributed by atoms with E-state index >= 15 is 0 Å². The van der Waals surface area contributed by atoms with Gasteiger partial charge in [0.05, 0.1) is 6.04 Å². The molecule has 19 heavy (non-hydrogen) atoms. The van der Waals surface area contributed by atoms with Crippen LogP contribution in [0.3, 0.4) is 0 Å². The number of hydrogen-bond acceptors (Lipinski definition) is 3. The first-order valence-corrected chi connectivity index (χ1v) is 6.26. The van der Waals surface area contributed by atoms with Crippen LogP contribution < -0.4 is 5.32 Å². The Balaban J connectivity index is 2.01. The number of carbonyl (C=O) groups is 2. The molecular formula is C12H16FN3O3. The summed E-state index contributed by atoms with van der Waals surface area (Å²) in [6.07, 6.45) is 6.07. The molecule has 7 heteroatoms. The van der Waals surface area contributed by atoms with Gasteiger partial charge in [-0.25, -0.2) is 9.18 Å². The van der Waals surface area contributed by atoms with Crippen LogP contribution in [0, 0.1) is 0 Å². The molecule has 1 aliphatic carbocycles. The summed E-state index contributed by atoms with van der Waals surface area (Å²) in [7, 11) is 0. The number of aliphatic carboxylic acids is 1. The highest BCUT2D eigenvalue weighted by atomic mass is 19.1. The molecule has 1 aromatic rings. The van der Waals surface area contributed by atoms with Gasteiger partial charge >= 0.3 is 5.97 Å². The number of hydrogen-bond donors (Lipinski definition) is 2. The van der Waals surface area contributed by atoms with Crippen molar-refractivity contribution in [2.45, 2.75) is 37.8 Å². The Bertz CT molecular complexity index is 469. The first-order chi connectivity index (χ1) is 9.11. The summed E-state index contributed by atoms with van der Waals surface area (Å²) in [5, 5.41) is 14.9. The number of alkyl halides is 1. The van der Waals surface area contributed by atoms with Crippen molar-refractivity contribution in [3.8, 4) is 0 Å². The summed E-state index contributed by atoms with van der Waals surface area (Å²) in [4.78, 5) is 22.4. The molecule has 0 bridgehead atoms. The minimum absolute atomic E-state index is 0.117. The van der Waals surface area contributed by atoms with E-state index in [1.165, 1.54) is 6.07 Å². The van der Waals surface area contributed by atoms with Crippen molar-refractivity contribution in [1.29, 1.82) is 0 Å². The summed E-state index contributed by atoms with van der Waals surface area (Å²) in [6.45, 7) is -1.15. The number of aromatic nitrogens is 2. The highest BCUT2D eigenvalue weighted by molar-refractivity contribution is 5.94. The van der Waals surface area contributed by atoms with Crippen molar-refractivity contribution < 1.29 is 19.1 Å². The van der Waals surface area contributed by atoms with Gasteiger partial charge in [0.2, 0.25) is 0 Å². The number of nitrogens with one attached hydrogen (secondary N) is 1. The Morgan fingerprint density at radius 1 is 1.53 bits per heavy atom. The van der Waals surface area contributed by atoms with E-state index < -0.39 is 24.6 Å². The van der Waals surface area contributed by atoms with Gasteiger partial charge in [-0.2, -0.15) is 5.10 Å². The van der Waals surface area contributed by atoms with E-state index in [4.69, 9.17) is 5.11 Å². The quantitative estimate of drug-likeness (QED) is 0.839. The topological polar surface area (TPSA) is 84.2 Å². The molecule has 104 valence electrons. The fourth-order valence-corrected chi connectivity index (χ4v) is 2.23. The maximum absolute atomic E-state index is 12.4. The summed E-state index contributed by atoms with van der Waals surface area (Å²) in [5.74, 6) is -2.06. The number of nitrogens with zero attached hydrogens (tertiary/aromatic N) is 2. The number of amides is 1. The van der Waals surface area contributed by atoms with E-state index in [2.05, 4.69) is 10.4 Å². The molecule has 0 radical (unpaired) electrons. The lowest BCUT2D eigenvalue weighted by Crippen LogP contribution is -2.42. The van der Waals surface area contributed by atoms with Gasteiger partial charge in [-0.3, -0.25) is 9.48 Å². The number of carboxylic acids is 1. The molecular weight excluding hydrogens is 253 g/mol. The summed E-state index contributed by atoms with van der Waals surface area (Å²) < 4.78 is 14.1. The second-order valence-electron chi connectivity index (χ2n) is 4.64. The van der Waals surface area contributed by atoms with Crippen molar-refractivity contribution in [3.05, 3.63) is 18.0 Å². The summed E-state index contributed by atoms with van der Waals surface area (Å²) in [6, 6.07) is 0.298. The first-order valence-electron chi connectivity index (χ1n) is 6.26. The van der Waals surface area contributed by atoms with E-state index in [1.54, 1.807) is 10.9 Å². The number of halogens is 1. The molecule has 0 saturated heterocycles. The average molecular weight is 269 g/mol. The Labute approximate surface area is 109 Å². The molecule has 1 aliphatic rings. The van der Waals surface area contributed by atoms with Gasteiger partial charge in [0, 0.05) is 6.20 Å². The van der Waals surface area contributed by atoms with E-state index in [9.17, 15) is 14.0 Å². The standard InChI is InChI=1S/C12H16FN3O3/c13-7-10(12(18)19)14-11(17)9-5-6-16(15-9)8-3-1-2-4-8/h5-6,8,10H,1-4,7H2,(H,14,17)(H,18,19). The smallest absolute Gasteiger partial charge is 0.328 e. The largest absolute Gasteiger partial charge is 0.480 e. The molecule has 1 saturated carbocycles. The molecule has 1 unspecified atom stereocenters. The minimum Gasteiger partial charge on any atom is -0.480 e. The predicted molar refractivity (Wildman–Crippen MR) is 64.6 cm³/mol. The molecule has 6 nitrogen and oxygen atoms in total. The third kappa shape index (κ3) is 3.10. The van der Waals surface area contributed by atoms with E-state index in [-0.39, 0.29) is 5.69 Å². The number of rotatable bonds is 5. The first kappa shape index (κ1) is 13.5. The van der Waals surface area contributed by atoms with Crippen molar-refractivity contribution in [3.63, 3.8) is 0 Å². The fourth-order valence-electron chi connectivity index (χ4n) is 2.23. The molecule has 0 aromatic carbocycles. The number of carbonyl (C=O) groups excluding carboxylic acids is 1. The van der Waals surface area contributed by atoms with Gasteiger partial charge < -0.3 is 10.4 Å². The lowest BCUT2D eigenvalue weighted by molar-refractivity contribution is -0.139. The zero-order chi connectivity index (χ0) is 13.8. The number of carboxylic acid groups (broad SMARTS) is 1. The van der Waals surface area contributed by atoms with Crippen LogP contribution >= 0.6 is 0 Å². The minimum atomic E-state index is -1.52. The molecule has 2 rings (SSSR count). The van der Waals surface area contributed by atoms with Crippen LogP contribution in [0.4, 0.5) is 4.39 Å². The Morgan fingerprint density at radius 2 is 2.21 bits per heavy atom.